The maximum Gasteiger partial charge on any atom is 0.249 e. The molecule has 0 saturated heterocycles. The normalized spacial score (nSPS) is 40.4. The van der Waals surface area contributed by atoms with Gasteiger partial charge in [-0.3, -0.25) is 9.59 Å². The molecule has 1 aromatic rings. The number of fused-ring (bicyclic) bond motifs is 4. The Morgan fingerprint density at radius 3 is 2.58 bits per heavy atom. The minimum Gasteiger partial charge on any atom is -0.358 e. The van der Waals surface area contributed by atoms with Gasteiger partial charge in [-0.1, -0.05) is 34.1 Å². The molecule has 1 unspecified atom stereocenters. The van der Waals surface area contributed by atoms with Crippen LogP contribution in [0, 0.1) is 28.1 Å². The van der Waals surface area contributed by atoms with Crippen molar-refractivity contribution in [2.75, 3.05) is 0 Å². The van der Waals surface area contributed by atoms with Crippen molar-refractivity contribution in [3.63, 3.8) is 0 Å². The van der Waals surface area contributed by atoms with E-state index < -0.39 is 0 Å². The van der Waals surface area contributed by atoms with Gasteiger partial charge in [0.05, 0.1) is 5.69 Å². The SMILES string of the molecule is CC1(C)CCC[C@@]2(C)C1CC[C@@]1(C)C3=CC(=O)C(=O)c4[nH]cc(c43)C[C@@H]12. The molecule has 0 amide bonds. The molecule has 0 bridgehead atoms. The molecule has 2 fully saturated rings. The Bertz CT molecular complexity index is 873. The third-order valence-electron chi connectivity index (χ3n) is 8.79. The van der Waals surface area contributed by atoms with Crippen LogP contribution < -0.4 is 0 Å². The Kier molecular flexibility index (Phi) is 3.05. The van der Waals surface area contributed by atoms with E-state index in [4.69, 9.17) is 0 Å². The Hall–Kier alpha value is -1.64. The largest absolute Gasteiger partial charge is 0.358 e. The number of aromatic nitrogens is 1. The molecule has 1 heterocycles. The predicted octanol–water partition coefficient (Wildman–Crippen LogP) is 4.97. The van der Waals surface area contributed by atoms with Gasteiger partial charge >= 0.3 is 0 Å². The van der Waals surface area contributed by atoms with Crippen LogP contribution in [0.4, 0.5) is 0 Å². The zero-order chi connectivity index (χ0) is 18.5. The van der Waals surface area contributed by atoms with E-state index in [9.17, 15) is 9.59 Å². The smallest absolute Gasteiger partial charge is 0.249 e. The van der Waals surface area contributed by atoms with Gasteiger partial charge in [0.25, 0.3) is 0 Å². The molecule has 4 atom stereocenters. The van der Waals surface area contributed by atoms with Crippen LogP contribution in [0.1, 0.15) is 81.4 Å². The highest BCUT2D eigenvalue weighted by Gasteiger charge is 2.61. The third kappa shape index (κ3) is 1.80. The monoisotopic (exact) mass is 351 g/mol. The van der Waals surface area contributed by atoms with Crippen LogP contribution >= 0.6 is 0 Å². The highest BCUT2D eigenvalue weighted by Crippen LogP contribution is 2.69. The minimum atomic E-state index is -0.365. The molecule has 4 aliphatic rings. The standard InChI is InChI=1S/C23H29NO2/c1-21(2)7-5-8-23(4)16(21)6-9-22(3)14-11-15(25)20(26)19-18(14)13(12-24-19)10-17(22)23/h11-12,16-17,24H,5-10H2,1-4H3/t16?,17-,22-,23-/m0/s1. The molecule has 138 valence electrons. The first-order chi connectivity index (χ1) is 12.2. The van der Waals surface area contributed by atoms with Crippen LogP contribution in [0.3, 0.4) is 0 Å². The van der Waals surface area contributed by atoms with Crippen molar-refractivity contribution in [3.8, 4) is 0 Å². The summed E-state index contributed by atoms with van der Waals surface area (Å²) in [5.41, 5.74) is 4.69. The second-order valence-electron chi connectivity index (χ2n) is 10.4. The summed E-state index contributed by atoms with van der Waals surface area (Å²) < 4.78 is 0. The third-order valence-corrected chi connectivity index (χ3v) is 8.79. The van der Waals surface area contributed by atoms with Gasteiger partial charge in [-0.15, -0.1) is 0 Å². The lowest BCUT2D eigenvalue weighted by atomic mass is 9.40. The van der Waals surface area contributed by atoms with Crippen molar-refractivity contribution in [2.24, 2.45) is 28.1 Å². The summed E-state index contributed by atoms with van der Waals surface area (Å²) >= 11 is 0. The fraction of sp³-hybridized carbons (Fsp3) is 0.652. The van der Waals surface area contributed by atoms with E-state index in [0.717, 1.165) is 29.9 Å². The van der Waals surface area contributed by atoms with Crippen LogP contribution in [0.5, 0.6) is 0 Å². The van der Waals surface area contributed by atoms with E-state index in [2.05, 4.69) is 32.7 Å². The van der Waals surface area contributed by atoms with Crippen LogP contribution in [0.2, 0.25) is 0 Å². The Morgan fingerprint density at radius 2 is 1.81 bits per heavy atom. The van der Waals surface area contributed by atoms with E-state index >= 15 is 0 Å². The van der Waals surface area contributed by atoms with Gasteiger partial charge in [-0.05, 0) is 77.4 Å². The van der Waals surface area contributed by atoms with Crippen molar-refractivity contribution in [2.45, 2.75) is 66.2 Å². The molecular formula is C23H29NO2. The number of hydrogen-bond donors (Lipinski definition) is 1. The van der Waals surface area contributed by atoms with Gasteiger partial charge in [0.2, 0.25) is 11.6 Å². The Labute approximate surface area is 155 Å². The van der Waals surface area contributed by atoms with Crippen LogP contribution in [-0.2, 0) is 11.2 Å². The maximum absolute atomic E-state index is 12.4. The summed E-state index contributed by atoms with van der Waals surface area (Å²) in [6.45, 7) is 9.82. The molecule has 3 nitrogen and oxygen atoms in total. The second kappa shape index (κ2) is 4.79. The van der Waals surface area contributed by atoms with E-state index in [0.29, 0.717) is 22.4 Å². The molecule has 0 aromatic carbocycles. The molecule has 4 aliphatic carbocycles. The lowest BCUT2D eigenvalue weighted by Gasteiger charge is -2.64. The molecule has 26 heavy (non-hydrogen) atoms. The zero-order valence-electron chi connectivity index (χ0n) is 16.4. The van der Waals surface area contributed by atoms with Gasteiger partial charge in [-0.2, -0.15) is 0 Å². The summed E-state index contributed by atoms with van der Waals surface area (Å²) in [4.78, 5) is 27.9. The first-order valence-electron chi connectivity index (χ1n) is 10.2. The van der Waals surface area contributed by atoms with Crippen LogP contribution in [-0.4, -0.2) is 16.6 Å². The molecule has 0 aliphatic heterocycles. The lowest BCUT2D eigenvalue weighted by Crippen LogP contribution is -2.57. The molecule has 0 spiro atoms. The summed E-state index contributed by atoms with van der Waals surface area (Å²) in [5, 5.41) is 0. The summed E-state index contributed by atoms with van der Waals surface area (Å²) in [6.07, 6.45) is 11.0. The number of Topliss-reactive ketones (excluding diaryl/α,β-unsaturated/α-hetero) is 1. The average molecular weight is 351 g/mol. The van der Waals surface area contributed by atoms with E-state index in [1.165, 1.54) is 31.2 Å². The summed E-state index contributed by atoms with van der Waals surface area (Å²) in [5.74, 6) is 0.565. The Morgan fingerprint density at radius 1 is 1.04 bits per heavy atom. The number of rotatable bonds is 0. The van der Waals surface area contributed by atoms with Crippen LogP contribution in [0.25, 0.3) is 5.57 Å². The number of carbonyl (C=O) groups excluding carboxylic acids is 2. The van der Waals surface area contributed by atoms with Crippen LogP contribution in [0.15, 0.2) is 12.3 Å². The highest BCUT2D eigenvalue weighted by molar-refractivity contribution is 6.50. The first-order valence-corrected chi connectivity index (χ1v) is 10.2. The highest BCUT2D eigenvalue weighted by atomic mass is 16.2. The summed E-state index contributed by atoms with van der Waals surface area (Å²) in [6, 6.07) is 0. The number of hydrogen-bond acceptors (Lipinski definition) is 2. The predicted molar refractivity (Wildman–Crippen MR) is 102 cm³/mol. The number of ketones is 2. The van der Waals surface area contributed by atoms with Gasteiger partial charge in [0.1, 0.15) is 0 Å². The fourth-order valence-corrected chi connectivity index (χ4v) is 7.60. The molecule has 3 heteroatoms. The average Bonchev–Trinajstić information content (AvgIpc) is 2.98. The first kappa shape index (κ1) is 16.5. The summed E-state index contributed by atoms with van der Waals surface area (Å²) in [7, 11) is 0. The van der Waals surface area contributed by atoms with E-state index in [1.807, 2.05) is 6.20 Å². The maximum atomic E-state index is 12.4. The molecule has 1 aromatic heterocycles. The number of aromatic amines is 1. The molecular weight excluding hydrogens is 322 g/mol. The minimum absolute atomic E-state index is 0.00102. The number of nitrogens with one attached hydrogen (secondary N) is 1. The van der Waals surface area contributed by atoms with Gasteiger partial charge in [0, 0.05) is 11.8 Å². The molecule has 1 N–H and O–H groups in total. The second-order valence-corrected chi connectivity index (χ2v) is 10.4. The van der Waals surface area contributed by atoms with Crippen molar-refractivity contribution in [3.05, 3.63) is 29.1 Å². The zero-order valence-corrected chi connectivity index (χ0v) is 16.4. The lowest BCUT2D eigenvalue weighted by molar-refractivity contribution is -0.115. The van der Waals surface area contributed by atoms with Gasteiger partial charge in [-0.25, -0.2) is 0 Å². The molecule has 0 radical (unpaired) electrons. The molecule has 2 saturated carbocycles. The topological polar surface area (TPSA) is 49.9 Å². The van der Waals surface area contributed by atoms with Crippen molar-refractivity contribution < 1.29 is 9.59 Å². The number of carbonyl (C=O) groups is 2. The van der Waals surface area contributed by atoms with Crippen molar-refractivity contribution >= 4 is 17.1 Å². The fourth-order valence-electron chi connectivity index (χ4n) is 7.60. The van der Waals surface area contributed by atoms with Gasteiger partial charge < -0.3 is 4.98 Å². The van der Waals surface area contributed by atoms with E-state index in [-0.39, 0.29) is 17.0 Å². The van der Waals surface area contributed by atoms with Crippen molar-refractivity contribution in [1.29, 1.82) is 0 Å². The number of allylic oxidation sites excluding steroid dienone is 2. The number of H-pyrrole nitrogens is 1. The Balaban J connectivity index is 1.70. The van der Waals surface area contributed by atoms with Gasteiger partial charge in [0.15, 0.2) is 0 Å². The van der Waals surface area contributed by atoms with Crippen molar-refractivity contribution in [1.82, 2.24) is 4.98 Å². The molecule has 5 rings (SSSR count). The quantitative estimate of drug-likeness (QED) is 0.671. The van der Waals surface area contributed by atoms with E-state index in [1.54, 1.807) is 6.08 Å².